The molecule has 4 heteroatoms. The molecule has 0 atom stereocenters. The SMILES string of the molecule is CCN1CCC(NC(=O)CCN)CC1. The average Bonchev–Trinajstić information content (AvgIpc) is 2.19. The monoisotopic (exact) mass is 199 g/mol. The maximum absolute atomic E-state index is 11.3. The van der Waals surface area contributed by atoms with Crippen molar-refractivity contribution in [3.05, 3.63) is 0 Å². The van der Waals surface area contributed by atoms with Crippen molar-refractivity contribution in [2.45, 2.75) is 32.2 Å². The summed E-state index contributed by atoms with van der Waals surface area (Å²) in [6, 6.07) is 0.372. The van der Waals surface area contributed by atoms with E-state index in [0.29, 0.717) is 19.0 Å². The maximum atomic E-state index is 11.3. The van der Waals surface area contributed by atoms with Crippen molar-refractivity contribution in [2.24, 2.45) is 5.73 Å². The van der Waals surface area contributed by atoms with Gasteiger partial charge in [0.1, 0.15) is 0 Å². The molecule has 0 unspecified atom stereocenters. The molecular formula is C10H21N3O. The van der Waals surface area contributed by atoms with Crippen LogP contribution >= 0.6 is 0 Å². The van der Waals surface area contributed by atoms with Crippen molar-refractivity contribution in [1.29, 1.82) is 0 Å². The second kappa shape index (κ2) is 5.98. The van der Waals surface area contributed by atoms with Gasteiger partial charge in [0, 0.05) is 32.1 Å². The fraction of sp³-hybridized carbons (Fsp3) is 0.900. The zero-order valence-electron chi connectivity index (χ0n) is 8.96. The van der Waals surface area contributed by atoms with Crippen molar-refractivity contribution >= 4 is 5.91 Å². The van der Waals surface area contributed by atoms with Gasteiger partial charge in [0.15, 0.2) is 0 Å². The van der Waals surface area contributed by atoms with Gasteiger partial charge in [-0.1, -0.05) is 6.92 Å². The number of hydrogen-bond donors (Lipinski definition) is 2. The smallest absolute Gasteiger partial charge is 0.221 e. The average molecular weight is 199 g/mol. The molecule has 1 amide bonds. The van der Waals surface area contributed by atoms with E-state index < -0.39 is 0 Å². The number of nitrogens with zero attached hydrogens (tertiary/aromatic N) is 1. The lowest BCUT2D eigenvalue weighted by Crippen LogP contribution is -2.44. The van der Waals surface area contributed by atoms with Gasteiger partial charge in [-0.2, -0.15) is 0 Å². The summed E-state index contributed by atoms with van der Waals surface area (Å²) < 4.78 is 0. The van der Waals surface area contributed by atoms with Gasteiger partial charge >= 0.3 is 0 Å². The molecule has 0 bridgehead atoms. The van der Waals surface area contributed by atoms with Gasteiger partial charge in [0.2, 0.25) is 5.91 Å². The molecular weight excluding hydrogens is 178 g/mol. The quantitative estimate of drug-likeness (QED) is 0.666. The highest BCUT2D eigenvalue weighted by atomic mass is 16.1. The third-order valence-electron chi connectivity index (χ3n) is 2.77. The minimum Gasteiger partial charge on any atom is -0.353 e. The third kappa shape index (κ3) is 3.64. The lowest BCUT2D eigenvalue weighted by atomic mass is 10.1. The van der Waals surface area contributed by atoms with Crippen LogP contribution in [0.4, 0.5) is 0 Å². The minimum atomic E-state index is 0.0995. The van der Waals surface area contributed by atoms with Crippen LogP contribution in [0.2, 0.25) is 0 Å². The predicted molar refractivity (Wildman–Crippen MR) is 57.0 cm³/mol. The first kappa shape index (κ1) is 11.5. The van der Waals surface area contributed by atoms with Crippen LogP contribution in [0.25, 0.3) is 0 Å². The Bertz CT molecular complexity index is 176. The highest BCUT2D eigenvalue weighted by molar-refractivity contribution is 5.76. The number of hydrogen-bond acceptors (Lipinski definition) is 3. The zero-order valence-corrected chi connectivity index (χ0v) is 8.96. The van der Waals surface area contributed by atoms with Gasteiger partial charge in [-0.05, 0) is 19.4 Å². The van der Waals surface area contributed by atoms with Crippen LogP contribution in [0.3, 0.4) is 0 Å². The first-order chi connectivity index (χ1) is 6.76. The Morgan fingerprint density at radius 1 is 1.50 bits per heavy atom. The highest BCUT2D eigenvalue weighted by Crippen LogP contribution is 2.09. The summed E-state index contributed by atoms with van der Waals surface area (Å²) >= 11 is 0. The van der Waals surface area contributed by atoms with Crippen LogP contribution in [-0.2, 0) is 4.79 Å². The van der Waals surface area contributed by atoms with E-state index in [-0.39, 0.29) is 5.91 Å². The number of nitrogens with two attached hydrogens (primary N) is 1. The number of carbonyl (C=O) groups excluding carboxylic acids is 1. The van der Waals surface area contributed by atoms with E-state index in [1.807, 2.05) is 0 Å². The number of amides is 1. The molecule has 0 aromatic carbocycles. The molecule has 3 N–H and O–H groups in total. The van der Waals surface area contributed by atoms with E-state index in [1.165, 1.54) is 0 Å². The first-order valence-electron chi connectivity index (χ1n) is 5.48. The Hall–Kier alpha value is -0.610. The van der Waals surface area contributed by atoms with Gasteiger partial charge in [-0.3, -0.25) is 4.79 Å². The second-order valence-electron chi connectivity index (χ2n) is 3.81. The molecule has 1 saturated heterocycles. The van der Waals surface area contributed by atoms with Crippen LogP contribution in [-0.4, -0.2) is 43.0 Å². The summed E-state index contributed by atoms with van der Waals surface area (Å²) in [4.78, 5) is 13.7. The predicted octanol–water partition coefficient (Wildman–Crippen LogP) is -0.0643. The van der Waals surface area contributed by atoms with Gasteiger partial charge in [0.05, 0.1) is 0 Å². The molecule has 1 heterocycles. The molecule has 0 spiro atoms. The molecule has 1 aliphatic rings. The summed E-state index contributed by atoms with van der Waals surface area (Å²) in [5.74, 6) is 0.0995. The van der Waals surface area contributed by atoms with E-state index in [2.05, 4.69) is 17.1 Å². The fourth-order valence-electron chi connectivity index (χ4n) is 1.82. The molecule has 0 radical (unpaired) electrons. The highest BCUT2D eigenvalue weighted by Gasteiger charge is 2.18. The lowest BCUT2D eigenvalue weighted by molar-refractivity contribution is -0.121. The molecule has 1 fully saturated rings. The summed E-state index contributed by atoms with van der Waals surface area (Å²) in [7, 11) is 0. The van der Waals surface area contributed by atoms with Gasteiger partial charge in [-0.25, -0.2) is 0 Å². The Kier molecular flexibility index (Phi) is 4.90. The Balaban J connectivity index is 2.18. The van der Waals surface area contributed by atoms with Crippen LogP contribution in [0.15, 0.2) is 0 Å². The van der Waals surface area contributed by atoms with Gasteiger partial charge in [0.25, 0.3) is 0 Å². The van der Waals surface area contributed by atoms with Crippen LogP contribution in [0, 0.1) is 0 Å². The fourth-order valence-corrected chi connectivity index (χ4v) is 1.82. The van der Waals surface area contributed by atoms with E-state index in [0.717, 1.165) is 32.5 Å². The van der Waals surface area contributed by atoms with Crippen LogP contribution in [0.1, 0.15) is 26.2 Å². The van der Waals surface area contributed by atoms with Crippen molar-refractivity contribution in [3.63, 3.8) is 0 Å². The molecule has 4 nitrogen and oxygen atoms in total. The molecule has 1 aliphatic heterocycles. The largest absolute Gasteiger partial charge is 0.353 e. The lowest BCUT2D eigenvalue weighted by Gasteiger charge is -2.31. The minimum absolute atomic E-state index is 0.0995. The number of rotatable bonds is 4. The van der Waals surface area contributed by atoms with Crippen molar-refractivity contribution in [3.8, 4) is 0 Å². The van der Waals surface area contributed by atoms with Crippen molar-refractivity contribution in [2.75, 3.05) is 26.2 Å². The topological polar surface area (TPSA) is 58.4 Å². The molecule has 14 heavy (non-hydrogen) atoms. The standard InChI is InChI=1S/C10H21N3O/c1-2-13-7-4-9(5-8-13)12-10(14)3-6-11/h9H,2-8,11H2,1H3,(H,12,14). The second-order valence-corrected chi connectivity index (χ2v) is 3.81. The van der Waals surface area contributed by atoms with Crippen molar-refractivity contribution in [1.82, 2.24) is 10.2 Å². The summed E-state index contributed by atoms with van der Waals surface area (Å²) in [6.07, 6.45) is 2.60. The molecule has 0 saturated carbocycles. The van der Waals surface area contributed by atoms with E-state index >= 15 is 0 Å². The Labute approximate surface area is 85.8 Å². The van der Waals surface area contributed by atoms with Gasteiger partial charge < -0.3 is 16.0 Å². The molecule has 82 valence electrons. The van der Waals surface area contributed by atoms with Crippen LogP contribution in [0.5, 0.6) is 0 Å². The Morgan fingerprint density at radius 2 is 2.14 bits per heavy atom. The summed E-state index contributed by atoms with van der Waals surface area (Å²) in [6.45, 7) is 5.94. The number of nitrogens with one attached hydrogen (secondary N) is 1. The first-order valence-corrected chi connectivity index (χ1v) is 5.48. The van der Waals surface area contributed by atoms with Gasteiger partial charge in [-0.15, -0.1) is 0 Å². The van der Waals surface area contributed by atoms with Crippen molar-refractivity contribution < 1.29 is 4.79 Å². The molecule has 0 aromatic rings. The number of likely N-dealkylation sites (tertiary alicyclic amines) is 1. The maximum Gasteiger partial charge on any atom is 0.221 e. The molecule has 0 aliphatic carbocycles. The Morgan fingerprint density at radius 3 is 2.64 bits per heavy atom. The normalized spacial score (nSPS) is 19.6. The van der Waals surface area contributed by atoms with E-state index in [9.17, 15) is 4.79 Å². The molecule has 0 aromatic heterocycles. The third-order valence-corrected chi connectivity index (χ3v) is 2.77. The summed E-state index contributed by atoms with van der Waals surface area (Å²) in [5.41, 5.74) is 5.31. The van der Waals surface area contributed by atoms with E-state index in [1.54, 1.807) is 0 Å². The number of carbonyl (C=O) groups is 1. The number of piperidine rings is 1. The summed E-state index contributed by atoms with van der Waals surface area (Å²) in [5, 5.41) is 3.02. The van der Waals surface area contributed by atoms with E-state index in [4.69, 9.17) is 5.73 Å². The van der Waals surface area contributed by atoms with Crippen LogP contribution < -0.4 is 11.1 Å². The molecule has 1 rings (SSSR count). The zero-order chi connectivity index (χ0) is 10.4.